The van der Waals surface area contributed by atoms with E-state index in [0.29, 0.717) is 6.04 Å². The van der Waals surface area contributed by atoms with Crippen LogP contribution >= 0.6 is 0 Å². The van der Waals surface area contributed by atoms with Crippen molar-refractivity contribution in [3.63, 3.8) is 0 Å². The molecule has 3 heteroatoms. The van der Waals surface area contributed by atoms with Crippen LogP contribution in [-0.2, 0) is 4.84 Å². The third-order valence-corrected chi connectivity index (χ3v) is 1.46. The number of likely N-dealkylation sites (N-methyl/N-ethyl adjacent to an activating group) is 1. The van der Waals surface area contributed by atoms with Crippen molar-refractivity contribution in [3.05, 3.63) is 0 Å². The molecule has 1 aliphatic rings. The van der Waals surface area contributed by atoms with E-state index in [1.165, 1.54) is 0 Å². The van der Waals surface area contributed by atoms with Crippen LogP contribution in [0.25, 0.3) is 0 Å². The highest BCUT2D eigenvalue weighted by atomic mass is 16.6. The molecule has 0 amide bonds. The second-order valence-electron chi connectivity index (χ2n) is 2.47. The minimum atomic E-state index is 0.565. The van der Waals surface area contributed by atoms with Crippen LogP contribution < -0.4 is 5.48 Å². The Morgan fingerprint density at radius 1 is 1.45 bits per heavy atom. The van der Waals surface area contributed by atoms with Crippen LogP contribution in [0.15, 0.2) is 0 Å². The molecular formula is C8H20N2O. The maximum atomic E-state index is 5.01. The van der Waals surface area contributed by atoms with E-state index in [2.05, 4.69) is 17.4 Å². The minimum Gasteiger partial charge on any atom is -0.303 e. The van der Waals surface area contributed by atoms with Crippen molar-refractivity contribution in [3.8, 4) is 0 Å². The molecule has 1 N–H and O–H groups in total. The summed E-state index contributed by atoms with van der Waals surface area (Å²) >= 11 is 0. The fourth-order valence-corrected chi connectivity index (χ4v) is 0.975. The van der Waals surface area contributed by atoms with Crippen molar-refractivity contribution in [2.75, 3.05) is 26.7 Å². The van der Waals surface area contributed by atoms with Crippen LogP contribution in [0.3, 0.4) is 0 Å². The van der Waals surface area contributed by atoms with E-state index >= 15 is 0 Å². The first-order valence-electron chi connectivity index (χ1n) is 4.38. The summed E-state index contributed by atoms with van der Waals surface area (Å²) < 4.78 is 0. The molecule has 11 heavy (non-hydrogen) atoms. The summed E-state index contributed by atoms with van der Waals surface area (Å²) in [6.07, 6.45) is 0. The standard InChI is InChI=1S/C6H14N2O.C2H6/c1-3-9-7-6-4-8(2)5-6;1-2/h6-7H,3-5H2,1-2H3;1-2H3. The van der Waals surface area contributed by atoms with Gasteiger partial charge in [-0.3, -0.25) is 0 Å². The zero-order valence-electron chi connectivity index (χ0n) is 8.05. The molecule has 3 nitrogen and oxygen atoms in total. The van der Waals surface area contributed by atoms with Gasteiger partial charge >= 0.3 is 0 Å². The van der Waals surface area contributed by atoms with Crippen LogP contribution in [0.2, 0.25) is 0 Å². The topological polar surface area (TPSA) is 24.5 Å². The van der Waals surface area contributed by atoms with Crippen molar-refractivity contribution in [1.82, 2.24) is 10.4 Å². The molecule has 1 saturated heterocycles. The highest BCUT2D eigenvalue weighted by Crippen LogP contribution is 2.02. The van der Waals surface area contributed by atoms with Gasteiger partial charge in [0, 0.05) is 13.1 Å². The van der Waals surface area contributed by atoms with Crippen LogP contribution in [0.4, 0.5) is 0 Å². The van der Waals surface area contributed by atoms with E-state index in [1.807, 2.05) is 20.8 Å². The van der Waals surface area contributed by atoms with Gasteiger partial charge < -0.3 is 9.74 Å². The summed E-state index contributed by atoms with van der Waals surface area (Å²) in [4.78, 5) is 7.26. The van der Waals surface area contributed by atoms with E-state index in [0.717, 1.165) is 19.7 Å². The van der Waals surface area contributed by atoms with Gasteiger partial charge in [-0.15, -0.1) is 0 Å². The number of nitrogens with zero attached hydrogens (tertiary/aromatic N) is 1. The van der Waals surface area contributed by atoms with Crippen LogP contribution in [0.5, 0.6) is 0 Å². The fourth-order valence-electron chi connectivity index (χ4n) is 0.975. The Bertz CT molecular complexity index is 82.2. The van der Waals surface area contributed by atoms with Crippen LogP contribution in [0, 0.1) is 0 Å². The molecule has 0 spiro atoms. The van der Waals surface area contributed by atoms with E-state index in [4.69, 9.17) is 4.84 Å². The summed E-state index contributed by atoms with van der Waals surface area (Å²) in [7, 11) is 2.10. The van der Waals surface area contributed by atoms with E-state index in [-0.39, 0.29) is 0 Å². The first-order valence-corrected chi connectivity index (χ1v) is 4.38. The van der Waals surface area contributed by atoms with E-state index < -0.39 is 0 Å². The number of hydrogen-bond acceptors (Lipinski definition) is 3. The van der Waals surface area contributed by atoms with Gasteiger partial charge in [0.1, 0.15) is 0 Å². The molecule has 68 valence electrons. The predicted octanol–water partition coefficient (Wildman–Crippen LogP) is 0.868. The SMILES string of the molecule is CC.CCONC1CN(C)C1. The lowest BCUT2D eigenvalue weighted by atomic mass is 10.2. The molecular weight excluding hydrogens is 140 g/mol. The molecule has 0 bridgehead atoms. The number of nitrogens with one attached hydrogen (secondary N) is 1. The predicted molar refractivity (Wildman–Crippen MR) is 47.4 cm³/mol. The zero-order chi connectivity index (χ0) is 8.69. The third-order valence-electron chi connectivity index (χ3n) is 1.46. The highest BCUT2D eigenvalue weighted by Gasteiger charge is 2.22. The average molecular weight is 160 g/mol. The summed E-state index contributed by atoms with van der Waals surface area (Å²) in [5, 5.41) is 0. The molecule has 0 aromatic carbocycles. The van der Waals surface area contributed by atoms with Gasteiger partial charge in [0.05, 0.1) is 12.6 Å². The van der Waals surface area contributed by atoms with E-state index in [1.54, 1.807) is 0 Å². The van der Waals surface area contributed by atoms with Gasteiger partial charge in [-0.05, 0) is 14.0 Å². The Morgan fingerprint density at radius 3 is 2.36 bits per heavy atom. The molecule has 0 saturated carbocycles. The number of likely N-dealkylation sites (tertiary alicyclic amines) is 1. The monoisotopic (exact) mass is 160 g/mol. The Labute approximate surface area is 69.7 Å². The molecule has 0 unspecified atom stereocenters. The molecule has 0 radical (unpaired) electrons. The van der Waals surface area contributed by atoms with Gasteiger partial charge in [-0.1, -0.05) is 13.8 Å². The third kappa shape index (κ3) is 4.35. The van der Waals surface area contributed by atoms with Gasteiger partial charge in [0.2, 0.25) is 0 Å². The molecule has 1 aliphatic heterocycles. The van der Waals surface area contributed by atoms with Gasteiger partial charge in [-0.2, -0.15) is 5.48 Å². The van der Waals surface area contributed by atoms with Crippen molar-refractivity contribution in [2.24, 2.45) is 0 Å². The number of hydrogen-bond donors (Lipinski definition) is 1. The van der Waals surface area contributed by atoms with Crippen molar-refractivity contribution < 1.29 is 4.84 Å². The lowest BCUT2D eigenvalue weighted by Crippen LogP contribution is -2.55. The summed E-state index contributed by atoms with van der Waals surface area (Å²) in [5.41, 5.74) is 2.96. The Morgan fingerprint density at radius 2 is 2.00 bits per heavy atom. The van der Waals surface area contributed by atoms with Crippen LogP contribution in [0.1, 0.15) is 20.8 Å². The number of rotatable bonds is 3. The maximum absolute atomic E-state index is 5.01. The molecule has 1 rings (SSSR count). The molecule has 0 aromatic heterocycles. The first kappa shape index (κ1) is 10.9. The maximum Gasteiger partial charge on any atom is 0.0654 e. The largest absolute Gasteiger partial charge is 0.303 e. The molecule has 0 aliphatic carbocycles. The molecule has 1 heterocycles. The minimum absolute atomic E-state index is 0.565. The Hall–Kier alpha value is -0.120. The average Bonchev–Trinajstić information content (AvgIpc) is 2.00. The smallest absolute Gasteiger partial charge is 0.0654 e. The Kier molecular flexibility index (Phi) is 6.51. The second-order valence-corrected chi connectivity index (χ2v) is 2.47. The van der Waals surface area contributed by atoms with Crippen molar-refractivity contribution >= 4 is 0 Å². The van der Waals surface area contributed by atoms with Crippen LogP contribution in [-0.4, -0.2) is 37.7 Å². The molecule has 0 atom stereocenters. The quantitative estimate of drug-likeness (QED) is 0.620. The summed E-state index contributed by atoms with van der Waals surface area (Å²) in [6, 6.07) is 0.565. The molecule has 0 aromatic rings. The first-order chi connectivity index (χ1) is 5.33. The van der Waals surface area contributed by atoms with E-state index in [9.17, 15) is 0 Å². The van der Waals surface area contributed by atoms with Gasteiger partial charge in [0.25, 0.3) is 0 Å². The highest BCUT2D eigenvalue weighted by molar-refractivity contribution is 4.80. The Balaban J connectivity index is 0.000000461. The van der Waals surface area contributed by atoms with Gasteiger partial charge in [-0.25, -0.2) is 0 Å². The summed E-state index contributed by atoms with van der Waals surface area (Å²) in [5.74, 6) is 0. The molecule has 1 fully saturated rings. The van der Waals surface area contributed by atoms with Crippen molar-refractivity contribution in [1.29, 1.82) is 0 Å². The normalized spacial score (nSPS) is 18.5. The van der Waals surface area contributed by atoms with Gasteiger partial charge in [0.15, 0.2) is 0 Å². The number of hydroxylamine groups is 1. The lowest BCUT2D eigenvalue weighted by Gasteiger charge is -2.35. The zero-order valence-corrected chi connectivity index (χ0v) is 8.05. The summed E-state index contributed by atoms with van der Waals surface area (Å²) in [6.45, 7) is 8.95. The van der Waals surface area contributed by atoms with Crippen molar-refractivity contribution in [2.45, 2.75) is 26.8 Å². The second kappa shape index (κ2) is 6.58. The lowest BCUT2D eigenvalue weighted by molar-refractivity contribution is -0.0198. The fraction of sp³-hybridized carbons (Fsp3) is 1.00.